The number of hydrogen-bond donors (Lipinski definition) is 0. The molecule has 0 radical (unpaired) electrons. The molecule has 0 saturated carbocycles. The Morgan fingerprint density at radius 3 is 1.81 bits per heavy atom. The van der Waals surface area contributed by atoms with Gasteiger partial charge < -0.3 is 0 Å². The highest BCUT2D eigenvalue weighted by Gasteiger charge is 2.27. The molecule has 0 unspecified atom stereocenters. The van der Waals surface area contributed by atoms with E-state index >= 15 is 0 Å². The van der Waals surface area contributed by atoms with E-state index in [2.05, 4.69) is 0 Å². The zero-order valence-electron chi connectivity index (χ0n) is 9.21. The summed E-state index contributed by atoms with van der Waals surface area (Å²) in [6.45, 7) is 1.82. The van der Waals surface area contributed by atoms with Gasteiger partial charge in [0.1, 0.15) is 0 Å². The van der Waals surface area contributed by atoms with Crippen LogP contribution >= 0.6 is 0 Å². The molecular weight excluding hydrogens is 250 g/mol. The van der Waals surface area contributed by atoms with Gasteiger partial charge in [0.2, 0.25) is 10.0 Å². The highest BCUT2D eigenvalue weighted by atomic mass is 32.3. The number of sulfonamides is 2. The Balaban J connectivity index is 3.28. The van der Waals surface area contributed by atoms with Crippen LogP contribution in [0.15, 0.2) is 29.2 Å². The van der Waals surface area contributed by atoms with E-state index in [4.69, 9.17) is 0 Å². The molecule has 0 aliphatic rings. The van der Waals surface area contributed by atoms with Crippen molar-refractivity contribution in [1.29, 1.82) is 0 Å². The maximum Gasteiger partial charge on any atom is 0.255 e. The normalized spacial score (nSPS) is 13.0. The third-order valence-corrected chi connectivity index (χ3v) is 6.00. The molecular formula is C9H13NO4S2. The summed E-state index contributed by atoms with van der Waals surface area (Å²) in [6, 6.07) is 5.99. The van der Waals surface area contributed by atoms with Gasteiger partial charge >= 0.3 is 0 Å². The number of hydrogen-bond acceptors (Lipinski definition) is 4. The standard InChI is InChI=1S/C9H13NO4S2/c1-8-4-6-9(7-5-8)16(13,14)10(2)15(3,11)12/h4-7H,1-3H3. The fraction of sp³-hybridized carbons (Fsp3) is 0.333. The second kappa shape index (κ2) is 4.15. The summed E-state index contributed by atoms with van der Waals surface area (Å²) < 4.78 is 46.4. The maximum absolute atomic E-state index is 11.8. The minimum Gasteiger partial charge on any atom is -0.212 e. The SMILES string of the molecule is Cc1ccc(S(=O)(=O)N(C)S(C)(=O)=O)cc1. The molecule has 90 valence electrons. The van der Waals surface area contributed by atoms with Crippen LogP contribution in [0.25, 0.3) is 0 Å². The maximum atomic E-state index is 11.8. The van der Waals surface area contributed by atoms with E-state index in [0.717, 1.165) is 18.9 Å². The lowest BCUT2D eigenvalue weighted by Crippen LogP contribution is -2.32. The predicted octanol–water partition coefficient (Wildman–Crippen LogP) is 0.575. The Bertz CT molecular complexity index is 572. The quantitative estimate of drug-likeness (QED) is 0.799. The lowest BCUT2D eigenvalue weighted by Gasteiger charge is -2.14. The highest BCUT2D eigenvalue weighted by molar-refractivity contribution is 8.03. The molecule has 1 aromatic carbocycles. The Hall–Kier alpha value is -0.920. The van der Waals surface area contributed by atoms with Crippen LogP contribution in [-0.2, 0) is 20.0 Å². The van der Waals surface area contributed by atoms with Gasteiger partial charge in [-0.25, -0.2) is 16.8 Å². The predicted molar refractivity (Wildman–Crippen MR) is 61.0 cm³/mol. The van der Waals surface area contributed by atoms with Gasteiger partial charge in [0, 0.05) is 7.05 Å². The van der Waals surface area contributed by atoms with Crippen molar-refractivity contribution >= 4 is 20.0 Å². The van der Waals surface area contributed by atoms with Gasteiger partial charge in [-0.2, -0.15) is 0 Å². The number of aryl methyl sites for hydroxylation is 1. The third-order valence-electron chi connectivity index (χ3n) is 2.12. The van der Waals surface area contributed by atoms with Crippen molar-refractivity contribution in [2.24, 2.45) is 0 Å². The average molecular weight is 263 g/mol. The minimum atomic E-state index is -3.97. The zero-order valence-corrected chi connectivity index (χ0v) is 10.8. The van der Waals surface area contributed by atoms with Gasteiger partial charge in [-0.1, -0.05) is 21.4 Å². The van der Waals surface area contributed by atoms with Crippen molar-refractivity contribution in [1.82, 2.24) is 3.71 Å². The molecule has 0 aliphatic heterocycles. The Morgan fingerprint density at radius 1 is 1.00 bits per heavy atom. The van der Waals surface area contributed by atoms with Gasteiger partial charge in [0.05, 0.1) is 11.2 Å². The van der Waals surface area contributed by atoms with Crippen LogP contribution in [-0.4, -0.2) is 33.8 Å². The molecule has 0 bridgehead atoms. The molecule has 0 aliphatic carbocycles. The second-order valence-corrected chi connectivity index (χ2v) is 7.67. The second-order valence-electron chi connectivity index (χ2n) is 3.46. The van der Waals surface area contributed by atoms with E-state index in [1.165, 1.54) is 12.1 Å². The summed E-state index contributed by atoms with van der Waals surface area (Å²) in [6.07, 6.45) is 0.846. The van der Waals surface area contributed by atoms with Crippen LogP contribution in [0.4, 0.5) is 0 Å². The summed E-state index contributed by atoms with van der Waals surface area (Å²) in [4.78, 5) is -0.0361. The van der Waals surface area contributed by atoms with E-state index in [9.17, 15) is 16.8 Å². The molecule has 0 atom stereocenters. The molecule has 0 spiro atoms. The fourth-order valence-electron chi connectivity index (χ4n) is 1.04. The molecule has 0 N–H and O–H groups in total. The Labute approximate surface area is 95.8 Å². The largest absolute Gasteiger partial charge is 0.255 e. The first kappa shape index (κ1) is 13.1. The average Bonchev–Trinajstić information content (AvgIpc) is 2.16. The first-order valence-corrected chi connectivity index (χ1v) is 7.70. The third kappa shape index (κ3) is 2.60. The Morgan fingerprint density at radius 2 is 1.44 bits per heavy atom. The van der Waals surface area contributed by atoms with Crippen LogP contribution in [0.1, 0.15) is 5.56 Å². The van der Waals surface area contributed by atoms with Gasteiger partial charge in [-0.05, 0) is 19.1 Å². The molecule has 0 heterocycles. The molecule has 0 aromatic heterocycles. The van der Waals surface area contributed by atoms with E-state index in [-0.39, 0.29) is 4.90 Å². The summed E-state index contributed by atoms with van der Waals surface area (Å²) in [5.74, 6) is 0. The zero-order chi connectivity index (χ0) is 12.6. The number of nitrogens with zero attached hydrogens (tertiary/aromatic N) is 1. The van der Waals surface area contributed by atoms with Crippen LogP contribution in [0, 0.1) is 6.92 Å². The van der Waals surface area contributed by atoms with Gasteiger partial charge in [-0.15, -0.1) is 0 Å². The van der Waals surface area contributed by atoms with Gasteiger partial charge in [0.25, 0.3) is 10.0 Å². The fourth-order valence-corrected chi connectivity index (χ4v) is 3.50. The van der Waals surface area contributed by atoms with Crippen molar-refractivity contribution in [3.63, 3.8) is 0 Å². The molecule has 0 amide bonds. The van der Waals surface area contributed by atoms with E-state index in [1.807, 2.05) is 6.92 Å². The molecule has 1 aromatic rings. The molecule has 5 nitrogen and oxygen atoms in total. The lowest BCUT2D eigenvalue weighted by atomic mass is 10.2. The van der Waals surface area contributed by atoms with Gasteiger partial charge in [-0.3, -0.25) is 0 Å². The lowest BCUT2D eigenvalue weighted by molar-refractivity contribution is 0.530. The van der Waals surface area contributed by atoms with Crippen molar-refractivity contribution in [2.75, 3.05) is 13.3 Å². The summed E-state index contributed by atoms with van der Waals surface area (Å²) in [7, 11) is -6.72. The molecule has 16 heavy (non-hydrogen) atoms. The van der Waals surface area contributed by atoms with Crippen LogP contribution in [0.5, 0.6) is 0 Å². The van der Waals surface area contributed by atoms with Crippen molar-refractivity contribution < 1.29 is 16.8 Å². The molecule has 7 heteroatoms. The smallest absolute Gasteiger partial charge is 0.212 e. The van der Waals surface area contributed by atoms with Crippen LogP contribution in [0.2, 0.25) is 0 Å². The Kier molecular flexibility index (Phi) is 3.41. The molecule has 1 rings (SSSR count). The van der Waals surface area contributed by atoms with Crippen molar-refractivity contribution in [2.45, 2.75) is 11.8 Å². The number of benzene rings is 1. The van der Waals surface area contributed by atoms with Crippen LogP contribution < -0.4 is 0 Å². The first-order chi connectivity index (χ1) is 7.15. The minimum absolute atomic E-state index is 0.0361. The molecule has 0 fully saturated rings. The van der Waals surface area contributed by atoms with E-state index in [1.54, 1.807) is 12.1 Å². The summed E-state index contributed by atoms with van der Waals surface area (Å²) in [5, 5.41) is 0. The van der Waals surface area contributed by atoms with Crippen molar-refractivity contribution in [3.8, 4) is 0 Å². The van der Waals surface area contributed by atoms with E-state index < -0.39 is 20.0 Å². The van der Waals surface area contributed by atoms with Crippen molar-refractivity contribution in [3.05, 3.63) is 29.8 Å². The highest BCUT2D eigenvalue weighted by Crippen LogP contribution is 2.16. The topological polar surface area (TPSA) is 71.5 Å². The number of rotatable bonds is 3. The van der Waals surface area contributed by atoms with Crippen LogP contribution in [0.3, 0.4) is 0 Å². The summed E-state index contributed by atoms with van der Waals surface area (Å²) in [5.41, 5.74) is 0.904. The first-order valence-electron chi connectivity index (χ1n) is 4.41. The molecule has 0 saturated heterocycles. The van der Waals surface area contributed by atoms with E-state index in [0.29, 0.717) is 3.71 Å². The summed E-state index contributed by atoms with van der Waals surface area (Å²) >= 11 is 0. The van der Waals surface area contributed by atoms with Gasteiger partial charge in [0.15, 0.2) is 0 Å². The monoisotopic (exact) mass is 263 g/mol.